The summed E-state index contributed by atoms with van der Waals surface area (Å²) in [5, 5.41) is 0. The Kier molecular flexibility index (Phi) is 2.76. The van der Waals surface area contributed by atoms with Crippen molar-refractivity contribution in [2.45, 2.75) is 25.0 Å². The lowest BCUT2D eigenvalue weighted by Crippen LogP contribution is -2.32. The predicted molar refractivity (Wildman–Crippen MR) is 68.9 cm³/mol. The summed E-state index contributed by atoms with van der Waals surface area (Å²) in [6.07, 6.45) is 9.61. The molecule has 0 atom stereocenters. The number of nitrogens with two attached hydrogens (primary N) is 1. The first-order chi connectivity index (χ1) is 8.79. The van der Waals surface area contributed by atoms with Gasteiger partial charge in [0.2, 0.25) is 0 Å². The fraction of sp³-hybridized carbons (Fsp3) is 0.385. The van der Waals surface area contributed by atoms with Crippen LogP contribution < -0.4 is 5.73 Å². The molecule has 0 spiro atoms. The number of hydrogen-bond donors (Lipinski definition) is 1. The summed E-state index contributed by atoms with van der Waals surface area (Å²) in [5.41, 5.74) is 8.69. The molecule has 2 heterocycles. The summed E-state index contributed by atoms with van der Waals surface area (Å²) in [5.74, 6) is 0. The van der Waals surface area contributed by atoms with Crippen molar-refractivity contribution in [3.8, 4) is 11.3 Å². The number of pyridine rings is 1. The maximum absolute atomic E-state index is 5.99. The monoisotopic (exact) mass is 244 g/mol. The van der Waals surface area contributed by atoms with Crippen LogP contribution in [0.15, 0.2) is 31.0 Å². The highest BCUT2D eigenvalue weighted by molar-refractivity contribution is 5.72. The SMILES string of the molecule is COC1CC(n2cncc2-c2cnccc2N)C1. The molecule has 0 radical (unpaired) electrons. The van der Waals surface area contributed by atoms with Crippen molar-refractivity contribution < 1.29 is 4.74 Å². The second-order valence-corrected chi connectivity index (χ2v) is 4.63. The Bertz CT molecular complexity index is 545. The number of nitrogens with zero attached hydrogens (tertiary/aromatic N) is 3. The molecule has 2 aromatic heterocycles. The van der Waals surface area contributed by atoms with Gasteiger partial charge in [-0.25, -0.2) is 4.98 Å². The van der Waals surface area contributed by atoms with Gasteiger partial charge in [0.15, 0.2) is 0 Å². The van der Waals surface area contributed by atoms with Gasteiger partial charge in [-0.2, -0.15) is 0 Å². The van der Waals surface area contributed by atoms with Gasteiger partial charge >= 0.3 is 0 Å². The normalized spacial score (nSPS) is 22.7. The van der Waals surface area contributed by atoms with Crippen LogP contribution in [0, 0.1) is 0 Å². The van der Waals surface area contributed by atoms with Crippen LogP contribution in [0.3, 0.4) is 0 Å². The molecule has 0 amide bonds. The molecule has 1 aliphatic carbocycles. The Hall–Kier alpha value is -1.88. The van der Waals surface area contributed by atoms with E-state index in [1.54, 1.807) is 19.5 Å². The Labute approximate surface area is 106 Å². The van der Waals surface area contributed by atoms with Gasteiger partial charge in [0.25, 0.3) is 0 Å². The van der Waals surface area contributed by atoms with E-state index in [-0.39, 0.29) is 0 Å². The average Bonchev–Trinajstić information content (AvgIpc) is 2.77. The van der Waals surface area contributed by atoms with Gasteiger partial charge in [-0.1, -0.05) is 0 Å². The molecule has 0 saturated heterocycles. The Morgan fingerprint density at radius 3 is 2.89 bits per heavy atom. The topological polar surface area (TPSA) is 66.0 Å². The predicted octanol–water partition coefficient (Wildman–Crippen LogP) is 1.88. The van der Waals surface area contributed by atoms with Crippen molar-refractivity contribution in [3.63, 3.8) is 0 Å². The number of imidazole rings is 1. The van der Waals surface area contributed by atoms with Crippen LogP contribution >= 0.6 is 0 Å². The molecule has 94 valence electrons. The minimum atomic E-state index is 0.372. The van der Waals surface area contributed by atoms with E-state index >= 15 is 0 Å². The lowest BCUT2D eigenvalue weighted by Gasteiger charge is -2.35. The van der Waals surface area contributed by atoms with E-state index < -0.39 is 0 Å². The fourth-order valence-electron chi connectivity index (χ4n) is 2.38. The van der Waals surface area contributed by atoms with Gasteiger partial charge in [-0.15, -0.1) is 0 Å². The smallest absolute Gasteiger partial charge is 0.0953 e. The molecule has 18 heavy (non-hydrogen) atoms. The summed E-state index contributed by atoms with van der Waals surface area (Å²) in [6, 6.07) is 2.26. The van der Waals surface area contributed by atoms with Gasteiger partial charge in [-0.05, 0) is 18.9 Å². The number of methoxy groups -OCH3 is 1. The largest absolute Gasteiger partial charge is 0.398 e. The lowest BCUT2D eigenvalue weighted by atomic mass is 9.88. The molecule has 1 saturated carbocycles. The molecule has 0 unspecified atom stereocenters. The van der Waals surface area contributed by atoms with E-state index in [9.17, 15) is 0 Å². The number of hydrogen-bond acceptors (Lipinski definition) is 4. The number of nitrogen functional groups attached to an aromatic ring is 1. The average molecular weight is 244 g/mol. The number of aromatic nitrogens is 3. The zero-order valence-electron chi connectivity index (χ0n) is 10.3. The van der Waals surface area contributed by atoms with Gasteiger partial charge < -0.3 is 15.0 Å². The molecular formula is C13H16N4O. The summed E-state index contributed by atoms with van der Waals surface area (Å²) in [7, 11) is 1.76. The van der Waals surface area contributed by atoms with E-state index in [2.05, 4.69) is 14.5 Å². The first kappa shape index (κ1) is 11.2. The second-order valence-electron chi connectivity index (χ2n) is 4.63. The molecule has 5 nitrogen and oxygen atoms in total. The first-order valence-corrected chi connectivity index (χ1v) is 6.04. The zero-order valence-corrected chi connectivity index (χ0v) is 10.3. The Morgan fingerprint density at radius 1 is 1.33 bits per heavy atom. The molecule has 0 bridgehead atoms. The fourth-order valence-corrected chi connectivity index (χ4v) is 2.38. The maximum Gasteiger partial charge on any atom is 0.0953 e. The summed E-state index contributed by atoms with van der Waals surface area (Å²) in [4.78, 5) is 8.36. The second kappa shape index (κ2) is 4.42. The van der Waals surface area contributed by atoms with E-state index in [0.717, 1.165) is 29.8 Å². The summed E-state index contributed by atoms with van der Waals surface area (Å²) >= 11 is 0. The highest BCUT2D eigenvalue weighted by Crippen LogP contribution is 2.37. The zero-order chi connectivity index (χ0) is 12.5. The van der Waals surface area contributed by atoms with Crippen LogP contribution in [0.4, 0.5) is 5.69 Å². The summed E-state index contributed by atoms with van der Waals surface area (Å²) < 4.78 is 7.48. The molecule has 0 aliphatic heterocycles. The lowest BCUT2D eigenvalue weighted by molar-refractivity contribution is 0.00663. The van der Waals surface area contributed by atoms with Crippen LogP contribution in [0.1, 0.15) is 18.9 Å². The van der Waals surface area contributed by atoms with Crippen molar-refractivity contribution in [3.05, 3.63) is 31.0 Å². The molecule has 5 heteroatoms. The van der Waals surface area contributed by atoms with Gasteiger partial charge in [0, 0.05) is 36.8 Å². The van der Waals surface area contributed by atoms with Crippen LogP contribution in [0.5, 0.6) is 0 Å². The van der Waals surface area contributed by atoms with E-state index in [1.165, 1.54) is 0 Å². The van der Waals surface area contributed by atoms with Crippen LogP contribution in [0.25, 0.3) is 11.3 Å². The van der Waals surface area contributed by atoms with E-state index in [0.29, 0.717) is 12.1 Å². The van der Waals surface area contributed by atoms with Crippen molar-refractivity contribution in [2.75, 3.05) is 12.8 Å². The third-order valence-electron chi connectivity index (χ3n) is 3.59. The van der Waals surface area contributed by atoms with Gasteiger partial charge in [-0.3, -0.25) is 4.98 Å². The molecule has 0 aromatic carbocycles. The Morgan fingerprint density at radius 2 is 2.17 bits per heavy atom. The standard InChI is InChI=1S/C13H16N4O/c1-18-10-4-9(5-10)17-8-16-7-13(17)11-6-15-3-2-12(11)14/h2-3,6-10H,4-5H2,1H3,(H2,14,15). The first-order valence-electron chi connectivity index (χ1n) is 6.04. The van der Waals surface area contributed by atoms with Crippen LogP contribution in [-0.2, 0) is 4.74 Å². The van der Waals surface area contributed by atoms with Crippen molar-refractivity contribution in [1.29, 1.82) is 0 Å². The number of ether oxygens (including phenoxy) is 1. The van der Waals surface area contributed by atoms with Crippen LogP contribution in [-0.4, -0.2) is 27.7 Å². The molecule has 2 N–H and O–H groups in total. The van der Waals surface area contributed by atoms with Gasteiger partial charge in [0.1, 0.15) is 0 Å². The highest BCUT2D eigenvalue weighted by atomic mass is 16.5. The minimum Gasteiger partial charge on any atom is -0.398 e. The molecule has 2 aromatic rings. The maximum atomic E-state index is 5.99. The highest BCUT2D eigenvalue weighted by Gasteiger charge is 2.31. The quantitative estimate of drug-likeness (QED) is 0.895. The third kappa shape index (κ3) is 1.76. The Balaban J connectivity index is 1.91. The van der Waals surface area contributed by atoms with Gasteiger partial charge in [0.05, 0.1) is 24.3 Å². The van der Waals surface area contributed by atoms with E-state index in [1.807, 2.05) is 18.6 Å². The minimum absolute atomic E-state index is 0.372. The van der Waals surface area contributed by atoms with Crippen molar-refractivity contribution in [1.82, 2.24) is 14.5 Å². The van der Waals surface area contributed by atoms with Crippen molar-refractivity contribution in [2.24, 2.45) is 0 Å². The molecule has 3 rings (SSSR count). The molecular weight excluding hydrogens is 228 g/mol. The molecule has 1 aliphatic rings. The van der Waals surface area contributed by atoms with Crippen molar-refractivity contribution >= 4 is 5.69 Å². The third-order valence-corrected chi connectivity index (χ3v) is 3.59. The van der Waals surface area contributed by atoms with Crippen LogP contribution in [0.2, 0.25) is 0 Å². The number of anilines is 1. The summed E-state index contributed by atoms with van der Waals surface area (Å²) in [6.45, 7) is 0. The number of rotatable bonds is 3. The molecule has 1 fully saturated rings. The van der Waals surface area contributed by atoms with E-state index in [4.69, 9.17) is 10.5 Å².